The van der Waals surface area contributed by atoms with E-state index >= 15 is 0 Å². The van der Waals surface area contributed by atoms with Crippen molar-refractivity contribution >= 4 is 28.6 Å². The average Bonchev–Trinajstić information content (AvgIpc) is 3.46. The summed E-state index contributed by atoms with van der Waals surface area (Å²) in [6, 6.07) is 10.9. The Hall–Kier alpha value is -3.92. The molecule has 0 radical (unpaired) electrons. The SMILES string of the molecule is COc1ccc2[nH]c(-c3cc(NC(=O)c4ccc(N5CCOCC5)nc4)n[nH]3)nc2c1. The summed E-state index contributed by atoms with van der Waals surface area (Å²) < 4.78 is 10.6. The number of H-pyrrole nitrogens is 2. The van der Waals surface area contributed by atoms with Gasteiger partial charge in [-0.3, -0.25) is 9.89 Å². The van der Waals surface area contributed by atoms with Gasteiger partial charge in [0.05, 0.1) is 36.9 Å². The van der Waals surface area contributed by atoms with Crippen molar-refractivity contribution in [3.05, 3.63) is 48.2 Å². The second-order valence-electron chi connectivity index (χ2n) is 7.09. The Morgan fingerprint density at radius 3 is 2.84 bits per heavy atom. The Labute approximate surface area is 177 Å². The highest BCUT2D eigenvalue weighted by Gasteiger charge is 2.15. The van der Waals surface area contributed by atoms with E-state index in [-0.39, 0.29) is 5.91 Å². The molecular formula is C21H21N7O3. The molecule has 4 heterocycles. The molecule has 4 aromatic rings. The molecule has 10 nitrogen and oxygen atoms in total. The molecule has 0 bridgehead atoms. The maximum absolute atomic E-state index is 12.6. The third kappa shape index (κ3) is 3.92. The predicted molar refractivity (Wildman–Crippen MR) is 115 cm³/mol. The molecule has 0 aliphatic carbocycles. The first kappa shape index (κ1) is 19.1. The number of carbonyl (C=O) groups is 1. The highest BCUT2D eigenvalue weighted by molar-refractivity contribution is 6.03. The highest BCUT2D eigenvalue weighted by Crippen LogP contribution is 2.24. The number of nitrogens with zero attached hydrogens (tertiary/aromatic N) is 4. The van der Waals surface area contributed by atoms with Crippen molar-refractivity contribution in [1.29, 1.82) is 0 Å². The third-order valence-electron chi connectivity index (χ3n) is 5.11. The minimum Gasteiger partial charge on any atom is -0.497 e. The van der Waals surface area contributed by atoms with Crippen LogP contribution in [0.2, 0.25) is 0 Å². The van der Waals surface area contributed by atoms with Gasteiger partial charge < -0.3 is 24.7 Å². The summed E-state index contributed by atoms with van der Waals surface area (Å²) in [5.41, 5.74) is 2.77. The van der Waals surface area contributed by atoms with Gasteiger partial charge in [0.1, 0.15) is 17.3 Å². The van der Waals surface area contributed by atoms with Crippen molar-refractivity contribution in [2.75, 3.05) is 43.6 Å². The van der Waals surface area contributed by atoms with E-state index in [9.17, 15) is 4.79 Å². The van der Waals surface area contributed by atoms with Crippen molar-refractivity contribution in [2.45, 2.75) is 0 Å². The van der Waals surface area contributed by atoms with Crippen molar-refractivity contribution in [1.82, 2.24) is 25.1 Å². The van der Waals surface area contributed by atoms with E-state index in [0.29, 0.717) is 36.1 Å². The lowest BCUT2D eigenvalue weighted by molar-refractivity contribution is 0.102. The Kier molecular flexibility index (Phi) is 4.97. The number of rotatable bonds is 5. The minimum atomic E-state index is -0.284. The van der Waals surface area contributed by atoms with Gasteiger partial charge in [0.15, 0.2) is 11.6 Å². The number of aromatic nitrogens is 5. The first-order valence-corrected chi connectivity index (χ1v) is 9.89. The first-order chi connectivity index (χ1) is 15.2. The van der Waals surface area contributed by atoms with Gasteiger partial charge >= 0.3 is 0 Å². The van der Waals surface area contributed by atoms with E-state index in [2.05, 4.69) is 35.4 Å². The fourth-order valence-electron chi connectivity index (χ4n) is 3.44. The number of benzene rings is 1. The first-order valence-electron chi connectivity index (χ1n) is 9.89. The predicted octanol–water partition coefficient (Wildman–Crippen LogP) is 2.45. The Bertz CT molecular complexity index is 1210. The Morgan fingerprint density at radius 2 is 2.06 bits per heavy atom. The monoisotopic (exact) mass is 419 g/mol. The van der Waals surface area contributed by atoms with Crippen molar-refractivity contribution in [2.24, 2.45) is 0 Å². The number of amides is 1. The third-order valence-corrected chi connectivity index (χ3v) is 5.11. The highest BCUT2D eigenvalue weighted by atomic mass is 16.5. The van der Waals surface area contributed by atoms with E-state index in [1.807, 2.05) is 24.3 Å². The maximum Gasteiger partial charge on any atom is 0.258 e. The van der Waals surface area contributed by atoms with E-state index in [0.717, 1.165) is 35.7 Å². The number of hydrogen-bond donors (Lipinski definition) is 3. The van der Waals surface area contributed by atoms with Crippen LogP contribution in [-0.4, -0.2) is 64.5 Å². The van der Waals surface area contributed by atoms with Gasteiger partial charge in [0.2, 0.25) is 0 Å². The van der Waals surface area contributed by atoms with Gasteiger partial charge in [-0.15, -0.1) is 0 Å². The smallest absolute Gasteiger partial charge is 0.258 e. The molecule has 158 valence electrons. The molecule has 1 saturated heterocycles. The van der Waals surface area contributed by atoms with E-state index < -0.39 is 0 Å². The minimum absolute atomic E-state index is 0.284. The van der Waals surface area contributed by atoms with Gasteiger partial charge in [0, 0.05) is 31.4 Å². The number of hydrogen-bond acceptors (Lipinski definition) is 7. The van der Waals surface area contributed by atoms with Gasteiger partial charge in [-0.1, -0.05) is 0 Å². The molecule has 1 aromatic carbocycles. The molecule has 0 spiro atoms. The summed E-state index contributed by atoms with van der Waals surface area (Å²) in [5.74, 6) is 2.30. The molecule has 31 heavy (non-hydrogen) atoms. The number of methoxy groups -OCH3 is 1. The summed E-state index contributed by atoms with van der Waals surface area (Å²) >= 11 is 0. The number of carbonyl (C=O) groups excluding carboxylic acids is 1. The van der Waals surface area contributed by atoms with Gasteiger partial charge in [0.25, 0.3) is 5.91 Å². The van der Waals surface area contributed by atoms with Gasteiger partial charge in [-0.2, -0.15) is 5.10 Å². The largest absolute Gasteiger partial charge is 0.497 e. The molecule has 10 heteroatoms. The lowest BCUT2D eigenvalue weighted by Gasteiger charge is -2.27. The zero-order valence-electron chi connectivity index (χ0n) is 16.9. The van der Waals surface area contributed by atoms with Crippen molar-refractivity contribution in [3.63, 3.8) is 0 Å². The van der Waals surface area contributed by atoms with Crippen LogP contribution in [0.3, 0.4) is 0 Å². The molecule has 3 aromatic heterocycles. The molecule has 0 atom stereocenters. The number of nitrogens with one attached hydrogen (secondary N) is 3. The average molecular weight is 419 g/mol. The molecule has 1 aliphatic rings. The van der Waals surface area contributed by atoms with Crippen LogP contribution in [-0.2, 0) is 4.74 Å². The van der Waals surface area contributed by atoms with Crippen LogP contribution >= 0.6 is 0 Å². The molecule has 1 fully saturated rings. The fourth-order valence-corrected chi connectivity index (χ4v) is 3.44. The number of morpholine rings is 1. The lowest BCUT2D eigenvalue weighted by Crippen LogP contribution is -2.36. The van der Waals surface area contributed by atoms with Crippen molar-refractivity contribution in [3.8, 4) is 17.3 Å². The zero-order chi connectivity index (χ0) is 21.2. The maximum atomic E-state index is 12.6. The van der Waals surface area contributed by atoms with Crippen molar-refractivity contribution < 1.29 is 14.3 Å². The number of imidazole rings is 1. The molecule has 5 rings (SSSR count). The van der Waals surface area contributed by atoms with E-state index in [1.165, 1.54) is 0 Å². The number of ether oxygens (including phenoxy) is 2. The standard InChI is InChI=1S/C21H21N7O3/c1-30-14-3-4-15-16(10-14)24-20(23-15)17-11-18(27-26-17)25-21(29)13-2-5-19(22-12-13)28-6-8-31-9-7-28/h2-5,10-12H,6-9H2,1H3,(H,23,24)(H2,25,26,27,29). The lowest BCUT2D eigenvalue weighted by atomic mass is 10.2. The second-order valence-corrected chi connectivity index (χ2v) is 7.09. The van der Waals surface area contributed by atoms with Gasteiger partial charge in [-0.05, 0) is 24.3 Å². The van der Waals surface area contributed by atoms with Crippen LogP contribution in [0.25, 0.3) is 22.6 Å². The fraction of sp³-hybridized carbons (Fsp3) is 0.238. The number of anilines is 2. The topological polar surface area (TPSA) is 121 Å². The molecule has 0 unspecified atom stereocenters. The molecule has 1 aliphatic heterocycles. The summed E-state index contributed by atoms with van der Waals surface area (Å²) in [7, 11) is 1.62. The zero-order valence-corrected chi connectivity index (χ0v) is 16.9. The number of fused-ring (bicyclic) bond motifs is 1. The van der Waals surface area contributed by atoms with Gasteiger partial charge in [-0.25, -0.2) is 9.97 Å². The van der Waals surface area contributed by atoms with Crippen LogP contribution in [0.15, 0.2) is 42.6 Å². The van der Waals surface area contributed by atoms with Crippen LogP contribution in [0.5, 0.6) is 5.75 Å². The normalized spacial score (nSPS) is 14.0. The van der Waals surface area contributed by atoms with E-state index in [4.69, 9.17) is 9.47 Å². The van der Waals surface area contributed by atoms with Crippen LogP contribution in [0.4, 0.5) is 11.6 Å². The summed E-state index contributed by atoms with van der Waals surface area (Å²) in [6.07, 6.45) is 1.57. The second kappa shape index (κ2) is 8.07. The molecule has 3 N–H and O–H groups in total. The van der Waals surface area contributed by atoms with Crippen LogP contribution in [0, 0.1) is 0 Å². The molecular weight excluding hydrogens is 398 g/mol. The summed E-state index contributed by atoms with van der Waals surface area (Å²) in [4.78, 5) is 26.9. The number of pyridine rings is 1. The Balaban J connectivity index is 1.28. The summed E-state index contributed by atoms with van der Waals surface area (Å²) in [6.45, 7) is 2.96. The molecule has 0 saturated carbocycles. The molecule has 1 amide bonds. The van der Waals surface area contributed by atoms with E-state index in [1.54, 1.807) is 25.4 Å². The van der Waals surface area contributed by atoms with Crippen LogP contribution in [0.1, 0.15) is 10.4 Å². The summed E-state index contributed by atoms with van der Waals surface area (Å²) in [5, 5.41) is 9.85. The Morgan fingerprint density at radius 1 is 1.19 bits per heavy atom. The quantitative estimate of drug-likeness (QED) is 0.454. The number of aromatic amines is 2. The van der Waals surface area contributed by atoms with Crippen LogP contribution < -0.4 is 15.0 Å².